The van der Waals surface area contributed by atoms with Crippen LogP contribution in [0.1, 0.15) is 5.56 Å². The summed E-state index contributed by atoms with van der Waals surface area (Å²) in [6.45, 7) is 0.366. The summed E-state index contributed by atoms with van der Waals surface area (Å²) in [5.41, 5.74) is 3.84. The molecule has 0 aromatic heterocycles. The van der Waals surface area contributed by atoms with Gasteiger partial charge in [0.2, 0.25) is 0 Å². The molecule has 0 unspecified atom stereocenters. The Bertz CT molecular complexity index is 865. The van der Waals surface area contributed by atoms with Crippen LogP contribution in [0.5, 0.6) is 0 Å². The summed E-state index contributed by atoms with van der Waals surface area (Å²) in [4.78, 5) is 12.0. The summed E-state index contributed by atoms with van der Waals surface area (Å²) in [5.74, 6) is 0. The molecule has 0 aliphatic heterocycles. The highest BCUT2D eigenvalue weighted by molar-refractivity contribution is 6.42. The largest absolute Gasteiger partial charge is 0.334 e. The van der Waals surface area contributed by atoms with Gasteiger partial charge in [0.05, 0.1) is 10.0 Å². The maximum atomic E-state index is 12.0. The number of hydrogen-bond donors (Lipinski definition) is 2. The summed E-state index contributed by atoms with van der Waals surface area (Å²) in [6, 6.07) is 22.8. The zero-order valence-electron chi connectivity index (χ0n) is 13.3. The Balaban J connectivity index is 1.56. The Hall–Kier alpha value is -2.49. The van der Waals surface area contributed by atoms with Gasteiger partial charge in [-0.2, -0.15) is 0 Å². The predicted molar refractivity (Wildman–Crippen MR) is 104 cm³/mol. The van der Waals surface area contributed by atoms with Gasteiger partial charge in [0, 0.05) is 12.2 Å². The van der Waals surface area contributed by atoms with E-state index >= 15 is 0 Å². The van der Waals surface area contributed by atoms with Gasteiger partial charge in [-0.05, 0) is 41.0 Å². The van der Waals surface area contributed by atoms with Gasteiger partial charge >= 0.3 is 6.03 Å². The lowest BCUT2D eigenvalue weighted by atomic mass is 10.1. The van der Waals surface area contributed by atoms with Crippen molar-refractivity contribution in [3.63, 3.8) is 0 Å². The molecule has 0 bridgehead atoms. The van der Waals surface area contributed by atoms with Crippen LogP contribution in [-0.4, -0.2) is 6.03 Å². The van der Waals surface area contributed by atoms with Crippen molar-refractivity contribution in [2.45, 2.75) is 6.54 Å². The third-order valence-electron chi connectivity index (χ3n) is 3.69. The molecule has 0 spiro atoms. The number of amides is 2. The fraction of sp³-hybridized carbons (Fsp3) is 0.0500. The number of halogens is 2. The molecular weight excluding hydrogens is 355 g/mol. The Morgan fingerprint density at radius 3 is 2.16 bits per heavy atom. The molecule has 3 aromatic rings. The van der Waals surface area contributed by atoms with E-state index in [0.717, 1.165) is 22.4 Å². The molecule has 0 fully saturated rings. The highest BCUT2D eigenvalue weighted by Gasteiger charge is 2.04. The predicted octanol–water partition coefficient (Wildman–Crippen LogP) is 5.98. The topological polar surface area (TPSA) is 41.1 Å². The number of rotatable bonds is 4. The monoisotopic (exact) mass is 370 g/mol. The second-order valence-electron chi connectivity index (χ2n) is 5.50. The quantitative estimate of drug-likeness (QED) is 0.582. The van der Waals surface area contributed by atoms with Crippen LogP contribution in [0.4, 0.5) is 10.5 Å². The molecule has 2 amide bonds. The minimum Gasteiger partial charge on any atom is -0.334 e. The Morgan fingerprint density at radius 1 is 0.800 bits per heavy atom. The van der Waals surface area contributed by atoms with Crippen LogP contribution >= 0.6 is 23.2 Å². The number of carbonyl (C=O) groups excluding carboxylic acids is 1. The van der Waals surface area contributed by atoms with Crippen molar-refractivity contribution in [3.05, 3.63) is 88.4 Å². The first-order valence-corrected chi connectivity index (χ1v) is 8.52. The van der Waals surface area contributed by atoms with Crippen LogP contribution in [-0.2, 0) is 6.54 Å². The summed E-state index contributed by atoms with van der Waals surface area (Å²) >= 11 is 11.8. The van der Waals surface area contributed by atoms with Crippen LogP contribution < -0.4 is 10.6 Å². The third kappa shape index (κ3) is 4.75. The van der Waals surface area contributed by atoms with Crippen molar-refractivity contribution < 1.29 is 4.79 Å². The molecule has 5 heteroatoms. The molecule has 3 aromatic carbocycles. The van der Waals surface area contributed by atoms with Gasteiger partial charge < -0.3 is 10.6 Å². The fourth-order valence-electron chi connectivity index (χ4n) is 2.38. The minimum atomic E-state index is -0.279. The smallest absolute Gasteiger partial charge is 0.319 e. The Labute approximate surface area is 156 Å². The lowest BCUT2D eigenvalue weighted by molar-refractivity contribution is 0.251. The molecule has 2 N–H and O–H groups in total. The van der Waals surface area contributed by atoms with Crippen LogP contribution in [0, 0.1) is 0 Å². The fourth-order valence-corrected chi connectivity index (χ4v) is 2.70. The molecule has 0 atom stereocenters. The molecule has 3 rings (SSSR count). The van der Waals surface area contributed by atoms with Crippen molar-refractivity contribution in [1.29, 1.82) is 0 Å². The zero-order valence-corrected chi connectivity index (χ0v) is 14.8. The average molecular weight is 371 g/mol. The summed E-state index contributed by atoms with van der Waals surface area (Å²) in [5, 5.41) is 6.56. The third-order valence-corrected chi connectivity index (χ3v) is 4.43. The standard InChI is InChI=1S/C20H16Cl2N2O/c21-18-11-6-14(12-19(18)22)13-23-20(25)24-17-9-7-16(8-10-17)15-4-2-1-3-5-15/h1-12H,13H2,(H2,23,24,25). The van der Waals surface area contributed by atoms with Crippen LogP contribution in [0.25, 0.3) is 11.1 Å². The summed E-state index contributed by atoms with van der Waals surface area (Å²) < 4.78 is 0. The van der Waals surface area contributed by atoms with Gasteiger partial charge in [0.1, 0.15) is 0 Å². The first-order valence-electron chi connectivity index (χ1n) is 7.76. The maximum absolute atomic E-state index is 12.0. The van der Waals surface area contributed by atoms with Gasteiger partial charge in [-0.1, -0.05) is 71.7 Å². The van der Waals surface area contributed by atoms with E-state index in [1.807, 2.05) is 60.7 Å². The second kappa shape index (κ2) is 8.06. The van der Waals surface area contributed by atoms with Gasteiger partial charge in [-0.15, -0.1) is 0 Å². The first-order chi connectivity index (χ1) is 12.1. The number of anilines is 1. The zero-order chi connectivity index (χ0) is 17.6. The Morgan fingerprint density at radius 2 is 1.48 bits per heavy atom. The molecule has 0 aliphatic carbocycles. The summed E-state index contributed by atoms with van der Waals surface area (Å²) in [6.07, 6.45) is 0. The molecule has 0 aliphatic rings. The number of nitrogens with one attached hydrogen (secondary N) is 2. The van der Waals surface area contributed by atoms with E-state index in [4.69, 9.17) is 23.2 Å². The van der Waals surface area contributed by atoms with Gasteiger partial charge in [-0.3, -0.25) is 0 Å². The molecule has 3 nitrogen and oxygen atoms in total. The van der Waals surface area contributed by atoms with E-state index < -0.39 is 0 Å². The average Bonchev–Trinajstić information content (AvgIpc) is 2.64. The van der Waals surface area contributed by atoms with Crippen molar-refractivity contribution in [1.82, 2.24) is 5.32 Å². The lowest BCUT2D eigenvalue weighted by Gasteiger charge is -2.09. The SMILES string of the molecule is O=C(NCc1ccc(Cl)c(Cl)c1)Nc1ccc(-c2ccccc2)cc1. The number of benzene rings is 3. The van der Waals surface area contributed by atoms with Crippen LogP contribution in [0.15, 0.2) is 72.8 Å². The molecule has 0 saturated carbocycles. The molecular formula is C20H16Cl2N2O. The number of hydrogen-bond acceptors (Lipinski definition) is 1. The number of carbonyl (C=O) groups is 1. The van der Waals surface area contributed by atoms with E-state index in [9.17, 15) is 4.79 Å². The van der Waals surface area contributed by atoms with Gasteiger partial charge in [0.15, 0.2) is 0 Å². The van der Waals surface area contributed by atoms with E-state index in [-0.39, 0.29) is 6.03 Å². The molecule has 126 valence electrons. The molecule has 0 saturated heterocycles. The molecule has 25 heavy (non-hydrogen) atoms. The van der Waals surface area contributed by atoms with Crippen LogP contribution in [0.3, 0.4) is 0 Å². The number of urea groups is 1. The van der Waals surface area contributed by atoms with Crippen molar-refractivity contribution >= 4 is 34.9 Å². The van der Waals surface area contributed by atoms with Crippen molar-refractivity contribution in [2.24, 2.45) is 0 Å². The van der Waals surface area contributed by atoms with E-state index in [1.54, 1.807) is 12.1 Å². The van der Waals surface area contributed by atoms with E-state index in [1.165, 1.54) is 0 Å². The molecule has 0 heterocycles. The Kier molecular flexibility index (Phi) is 5.59. The summed E-state index contributed by atoms with van der Waals surface area (Å²) in [7, 11) is 0. The van der Waals surface area contributed by atoms with Gasteiger partial charge in [0.25, 0.3) is 0 Å². The first kappa shape index (κ1) is 17.3. The van der Waals surface area contributed by atoms with Crippen LogP contribution in [0.2, 0.25) is 10.0 Å². The van der Waals surface area contributed by atoms with E-state index in [0.29, 0.717) is 16.6 Å². The normalized spacial score (nSPS) is 10.3. The highest BCUT2D eigenvalue weighted by atomic mass is 35.5. The molecule has 0 radical (unpaired) electrons. The van der Waals surface area contributed by atoms with Gasteiger partial charge in [-0.25, -0.2) is 4.79 Å². The second-order valence-corrected chi connectivity index (χ2v) is 6.31. The minimum absolute atomic E-state index is 0.279. The van der Waals surface area contributed by atoms with Crippen molar-refractivity contribution in [3.8, 4) is 11.1 Å². The van der Waals surface area contributed by atoms with Crippen molar-refractivity contribution in [2.75, 3.05) is 5.32 Å². The highest BCUT2D eigenvalue weighted by Crippen LogP contribution is 2.23. The van der Waals surface area contributed by atoms with E-state index in [2.05, 4.69) is 10.6 Å². The lowest BCUT2D eigenvalue weighted by Crippen LogP contribution is -2.28. The maximum Gasteiger partial charge on any atom is 0.319 e.